The molecule has 0 saturated carbocycles. The lowest BCUT2D eigenvalue weighted by Gasteiger charge is -2.16. The molecule has 0 radical (unpaired) electrons. The van der Waals surface area contributed by atoms with E-state index in [-0.39, 0.29) is 6.10 Å². The van der Waals surface area contributed by atoms with E-state index in [0.717, 1.165) is 11.4 Å². The maximum atomic E-state index is 6.12. The van der Waals surface area contributed by atoms with Crippen LogP contribution in [0.4, 0.5) is 11.4 Å². The standard InChI is InChI=1S/C17H22N2O2/c1-12(2)20-15-9-6-10-16(17(15)18)21-14-8-5-7-13(11-14)19(3)4/h5-12H,18H2,1-4H3. The second kappa shape index (κ2) is 6.39. The van der Waals surface area contributed by atoms with Crippen molar-refractivity contribution in [2.24, 2.45) is 0 Å². The van der Waals surface area contributed by atoms with Crippen molar-refractivity contribution in [3.05, 3.63) is 42.5 Å². The summed E-state index contributed by atoms with van der Waals surface area (Å²) >= 11 is 0. The normalized spacial score (nSPS) is 10.5. The molecular weight excluding hydrogens is 264 g/mol. The van der Waals surface area contributed by atoms with Crippen LogP contribution in [0.1, 0.15) is 13.8 Å². The smallest absolute Gasteiger partial charge is 0.154 e. The van der Waals surface area contributed by atoms with Gasteiger partial charge in [-0.05, 0) is 38.1 Å². The third kappa shape index (κ3) is 3.81. The summed E-state index contributed by atoms with van der Waals surface area (Å²) in [7, 11) is 3.98. The van der Waals surface area contributed by atoms with Crippen LogP contribution in [-0.2, 0) is 0 Å². The van der Waals surface area contributed by atoms with Crippen molar-refractivity contribution < 1.29 is 9.47 Å². The molecule has 2 aromatic carbocycles. The average molecular weight is 286 g/mol. The Balaban J connectivity index is 2.25. The summed E-state index contributed by atoms with van der Waals surface area (Å²) in [6, 6.07) is 13.4. The van der Waals surface area contributed by atoms with Crippen LogP contribution in [0, 0.1) is 0 Å². The van der Waals surface area contributed by atoms with Crippen molar-refractivity contribution >= 4 is 11.4 Å². The van der Waals surface area contributed by atoms with Gasteiger partial charge in [0.25, 0.3) is 0 Å². The van der Waals surface area contributed by atoms with Gasteiger partial charge in [-0.1, -0.05) is 12.1 Å². The molecule has 21 heavy (non-hydrogen) atoms. The molecular formula is C17H22N2O2. The fourth-order valence-corrected chi connectivity index (χ4v) is 1.92. The van der Waals surface area contributed by atoms with Crippen LogP contribution in [0.15, 0.2) is 42.5 Å². The first-order valence-corrected chi connectivity index (χ1v) is 6.97. The lowest BCUT2D eigenvalue weighted by atomic mass is 10.2. The molecule has 0 fully saturated rings. The van der Waals surface area contributed by atoms with E-state index in [0.29, 0.717) is 17.2 Å². The van der Waals surface area contributed by atoms with Crippen LogP contribution < -0.4 is 20.1 Å². The van der Waals surface area contributed by atoms with Gasteiger partial charge in [-0.15, -0.1) is 0 Å². The van der Waals surface area contributed by atoms with E-state index in [1.165, 1.54) is 0 Å². The highest BCUT2D eigenvalue weighted by atomic mass is 16.5. The molecule has 0 atom stereocenters. The molecule has 2 aromatic rings. The Morgan fingerprint density at radius 1 is 1.00 bits per heavy atom. The summed E-state index contributed by atoms with van der Waals surface area (Å²) in [5.74, 6) is 1.99. The van der Waals surface area contributed by atoms with Gasteiger partial charge < -0.3 is 20.1 Å². The SMILES string of the molecule is CC(C)Oc1cccc(Oc2cccc(N(C)C)c2)c1N. The Labute approximate surface area is 126 Å². The van der Waals surface area contributed by atoms with E-state index in [9.17, 15) is 0 Å². The molecule has 0 unspecified atom stereocenters. The highest BCUT2D eigenvalue weighted by molar-refractivity contribution is 5.64. The van der Waals surface area contributed by atoms with Gasteiger partial charge in [0.05, 0.1) is 6.10 Å². The van der Waals surface area contributed by atoms with Crippen LogP contribution >= 0.6 is 0 Å². The number of nitrogens with zero attached hydrogens (tertiary/aromatic N) is 1. The third-order valence-electron chi connectivity index (χ3n) is 2.95. The zero-order valence-corrected chi connectivity index (χ0v) is 13.0. The van der Waals surface area contributed by atoms with Crippen molar-refractivity contribution in [1.29, 1.82) is 0 Å². The molecule has 2 rings (SSSR count). The molecule has 4 nitrogen and oxygen atoms in total. The van der Waals surface area contributed by atoms with Crippen molar-refractivity contribution in [3.63, 3.8) is 0 Å². The van der Waals surface area contributed by atoms with E-state index in [1.54, 1.807) is 0 Å². The zero-order chi connectivity index (χ0) is 15.4. The van der Waals surface area contributed by atoms with E-state index in [1.807, 2.05) is 75.3 Å². The molecule has 112 valence electrons. The topological polar surface area (TPSA) is 47.7 Å². The van der Waals surface area contributed by atoms with Gasteiger partial charge in [0.15, 0.2) is 5.75 Å². The van der Waals surface area contributed by atoms with Gasteiger partial charge in [-0.25, -0.2) is 0 Å². The van der Waals surface area contributed by atoms with Gasteiger partial charge in [0.1, 0.15) is 17.2 Å². The molecule has 0 bridgehead atoms. The summed E-state index contributed by atoms with van der Waals surface area (Å²) in [5, 5.41) is 0. The molecule has 0 spiro atoms. The first-order valence-electron chi connectivity index (χ1n) is 6.97. The number of anilines is 2. The highest BCUT2D eigenvalue weighted by Crippen LogP contribution is 2.35. The van der Waals surface area contributed by atoms with E-state index in [4.69, 9.17) is 15.2 Å². The zero-order valence-electron chi connectivity index (χ0n) is 13.0. The van der Waals surface area contributed by atoms with Crippen LogP contribution in [0.25, 0.3) is 0 Å². The second-order valence-electron chi connectivity index (χ2n) is 5.33. The minimum absolute atomic E-state index is 0.0691. The molecule has 0 aliphatic carbocycles. The van der Waals surface area contributed by atoms with E-state index >= 15 is 0 Å². The summed E-state index contributed by atoms with van der Waals surface area (Å²) < 4.78 is 11.6. The van der Waals surface area contributed by atoms with Crippen LogP contribution in [-0.4, -0.2) is 20.2 Å². The Morgan fingerprint density at radius 3 is 2.33 bits per heavy atom. The van der Waals surface area contributed by atoms with Crippen molar-refractivity contribution in [2.45, 2.75) is 20.0 Å². The van der Waals surface area contributed by atoms with Gasteiger partial charge in [0.2, 0.25) is 0 Å². The molecule has 0 saturated heterocycles. The van der Waals surface area contributed by atoms with Crippen LogP contribution in [0.3, 0.4) is 0 Å². The second-order valence-corrected chi connectivity index (χ2v) is 5.33. The number of nitrogens with two attached hydrogens (primary N) is 1. The third-order valence-corrected chi connectivity index (χ3v) is 2.95. The minimum atomic E-state index is 0.0691. The largest absolute Gasteiger partial charge is 0.489 e. The van der Waals surface area contributed by atoms with Gasteiger partial charge in [-0.3, -0.25) is 0 Å². The maximum absolute atomic E-state index is 6.12. The number of benzene rings is 2. The molecule has 4 heteroatoms. The van der Waals surface area contributed by atoms with Gasteiger partial charge >= 0.3 is 0 Å². The van der Waals surface area contributed by atoms with Gasteiger partial charge in [0, 0.05) is 25.8 Å². The number of nitrogen functional groups attached to an aromatic ring is 1. The Hall–Kier alpha value is -2.36. The summed E-state index contributed by atoms with van der Waals surface area (Å²) in [4.78, 5) is 2.02. The van der Waals surface area contributed by atoms with Gasteiger partial charge in [-0.2, -0.15) is 0 Å². The molecule has 0 aliphatic rings. The number of rotatable bonds is 5. The predicted molar refractivity (Wildman–Crippen MR) is 87.5 cm³/mol. The Kier molecular flexibility index (Phi) is 4.58. The lowest BCUT2D eigenvalue weighted by Crippen LogP contribution is -2.08. The van der Waals surface area contributed by atoms with E-state index < -0.39 is 0 Å². The quantitative estimate of drug-likeness (QED) is 0.846. The Bertz CT molecular complexity index is 609. The molecule has 0 aromatic heterocycles. The fraction of sp³-hybridized carbons (Fsp3) is 0.294. The average Bonchev–Trinajstić information content (AvgIpc) is 2.43. The van der Waals surface area contributed by atoms with Crippen molar-refractivity contribution in [1.82, 2.24) is 0 Å². The maximum Gasteiger partial charge on any atom is 0.154 e. The highest BCUT2D eigenvalue weighted by Gasteiger charge is 2.10. The first kappa shape index (κ1) is 15.0. The van der Waals surface area contributed by atoms with E-state index in [2.05, 4.69) is 0 Å². The lowest BCUT2D eigenvalue weighted by molar-refractivity contribution is 0.243. The number of hydrogen-bond acceptors (Lipinski definition) is 4. The number of ether oxygens (including phenoxy) is 2. The summed E-state index contributed by atoms with van der Waals surface area (Å²) in [6.07, 6.45) is 0.0691. The summed E-state index contributed by atoms with van der Waals surface area (Å²) in [5.41, 5.74) is 7.70. The molecule has 0 aliphatic heterocycles. The fourth-order valence-electron chi connectivity index (χ4n) is 1.92. The van der Waals surface area contributed by atoms with Crippen molar-refractivity contribution in [2.75, 3.05) is 24.7 Å². The monoisotopic (exact) mass is 286 g/mol. The van der Waals surface area contributed by atoms with Crippen LogP contribution in [0.2, 0.25) is 0 Å². The minimum Gasteiger partial charge on any atom is -0.489 e. The first-order chi connectivity index (χ1) is 9.97. The predicted octanol–water partition coefficient (Wildman–Crippen LogP) is 3.91. The van der Waals surface area contributed by atoms with Crippen molar-refractivity contribution in [3.8, 4) is 17.2 Å². The molecule has 2 N–H and O–H groups in total. The van der Waals surface area contributed by atoms with Crippen LogP contribution in [0.5, 0.6) is 17.2 Å². The number of para-hydroxylation sites is 1. The molecule has 0 heterocycles. The molecule has 0 amide bonds. The number of hydrogen-bond donors (Lipinski definition) is 1. The Morgan fingerprint density at radius 2 is 1.67 bits per heavy atom. The summed E-state index contributed by atoms with van der Waals surface area (Å²) in [6.45, 7) is 3.93.